The SMILES string of the molecule is CC(=O)Nc1ccc(Br)cc1NC(=O)c1ccn(-c2cccc(Cl)c2)n1. The van der Waals surface area contributed by atoms with Gasteiger partial charge in [0, 0.05) is 22.6 Å². The highest BCUT2D eigenvalue weighted by molar-refractivity contribution is 9.10. The van der Waals surface area contributed by atoms with Crippen LogP contribution in [0.2, 0.25) is 5.02 Å². The molecule has 3 aromatic rings. The number of rotatable bonds is 4. The largest absolute Gasteiger partial charge is 0.325 e. The average molecular weight is 434 g/mol. The predicted molar refractivity (Wildman–Crippen MR) is 105 cm³/mol. The standard InChI is InChI=1S/C18H14BrClN4O2/c1-11(25)21-15-6-5-12(19)9-17(15)22-18(26)16-7-8-24(23-16)14-4-2-3-13(20)10-14/h2-10H,1H3,(H,21,25)(H,22,26). The van der Waals surface area contributed by atoms with E-state index in [1.54, 1.807) is 53.3 Å². The summed E-state index contributed by atoms with van der Waals surface area (Å²) in [6, 6.07) is 13.9. The first kappa shape index (κ1) is 18.2. The van der Waals surface area contributed by atoms with Gasteiger partial charge in [-0.3, -0.25) is 9.59 Å². The molecule has 0 unspecified atom stereocenters. The van der Waals surface area contributed by atoms with Crippen LogP contribution in [0.25, 0.3) is 5.69 Å². The third kappa shape index (κ3) is 4.30. The van der Waals surface area contributed by atoms with E-state index in [0.717, 1.165) is 10.2 Å². The lowest BCUT2D eigenvalue weighted by molar-refractivity contribution is -0.114. The number of anilines is 2. The fourth-order valence-corrected chi connectivity index (χ4v) is 2.86. The highest BCUT2D eigenvalue weighted by Gasteiger charge is 2.14. The summed E-state index contributed by atoms with van der Waals surface area (Å²) in [6.45, 7) is 1.40. The summed E-state index contributed by atoms with van der Waals surface area (Å²) in [4.78, 5) is 23.9. The van der Waals surface area contributed by atoms with Crippen LogP contribution in [0.4, 0.5) is 11.4 Å². The van der Waals surface area contributed by atoms with Crippen molar-refractivity contribution in [2.24, 2.45) is 0 Å². The molecule has 0 saturated heterocycles. The second kappa shape index (κ2) is 7.72. The zero-order chi connectivity index (χ0) is 18.7. The van der Waals surface area contributed by atoms with Crippen LogP contribution in [0, 0.1) is 0 Å². The molecular formula is C18H14BrClN4O2. The number of hydrogen-bond acceptors (Lipinski definition) is 3. The average Bonchev–Trinajstić information content (AvgIpc) is 3.07. The monoisotopic (exact) mass is 432 g/mol. The molecule has 0 aliphatic carbocycles. The lowest BCUT2D eigenvalue weighted by Gasteiger charge is -2.11. The van der Waals surface area contributed by atoms with Crippen LogP contribution in [-0.2, 0) is 4.79 Å². The summed E-state index contributed by atoms with van der Waals surface area (Å²) >= 11 is 9.34. The molecule has 0 atom stereocenters. The maximum absolute atomic E-state index is 12.5. The summed E-state index contributed by atoms with van der Waals surface area (Å²) < 4.78 is 2.34. The molecular weight excluding hydrogens is 420 g/mol. The van der Waals surface area contributed by atoms with Gasteiger partial charge in [0.1, 0.15) is 0 Å². The maximum Gasteiger partial charge on any atom is 0.276 e. The Morgan fingerprint density at radius 3 is 2.62 bits per heavy atom. The molecule has 2 amide bonds. The van der Waals surface area contributed by atoms with Gasteiger partial charge in [0.2, 0.25) is 5.91 Å². The van der Waals surface area contributed by atoms with Crippen LogP contribution < -0.4 is 10.6 Å². The molecule has 0 aliphatic rings. The summed E-state index contributed by atoms with van der Waals surface area (Å²) in [6.07, 6.45) is 1.68. The smallest absolute Gasteiger partial charge is 0.276 e. The van der Waals surface area contributed by atoms with Gasteiger partial charge in [-0.2, -0.15) is 5.10 Å². The molecule has 0 spiro atoms. The summed E-state index contributed by atoms with van der Waals surface area (Å²) in [5.41, 5.74) is 1.96. The minimum absolute atomic E-state index is 0.229. The van der Waals surface area contributed by atoms with Gasteiger partial charge in [-0.05, 0) is 42.5 Å². The number of carbonyl (C=O) groups is 2. The van der Waals surface area contributed by atoms with E-state index in [1.807, 2.05) is 6.07 Å². The van der Waals surface area contributed by atoms with Gasteiger partial charge in [0.25, 0.3) is 5.91 Å². The topological polar surface area (TPSA) is 76.0 Å². The second-order valence-electron chi connectivity index (χ2n) is 5.45. The Kier molecular flexibility index (Phi) is 5.39. The lowest BCUT2D eigenvalue weighted by Crippen LogP contribution is -2.16. The van der Waals surface area contributed by atoms with Crippen molar-refractivity contribution in [1.82, 2.24) is 9.78 Å². The van der Waals surface area contributed by atoms with Crippen LogP contribution in [-0.4, -0.2) is 21.6 Å². The van der Waals surface area contributed by atoms with Crippen molar-refractivity contribution in [3.8, 4) is 5.69 Å². The van der Waals surface area contributed by atoms with Crippen LogP contribution in [0.15, 0.2) is 59.2 Å². The Morgan fingerprint density at radius 1 is 1.08 bits per heavy atom. The molecule has 8 heteroatoms. The number of carbonyl (C=O) groups excluding carboxylic acids is 2. The van der Waals surface area contributed by atoms with E-state index in [2.05, 4.69) is 31.7 Å². The molecule has 1 aromatic heterocycles. The zero-order valence-electron chi connectivity index (χ0n) is 13.7. The van der Waals surface area contributed by atoms with Gasteiger partial charge in [0.15, 0.2) is 5.69 Å². The Balaban J connectivity index is 1.83. The Labute approximate surface area is 163 Å². The molecule has 0 fully saturated rings. The minimum Gasteiger partial charge on any atom is -0.325 e. The van der Waals surface area contributed by atoms with E-state index >= 15 is 0 Å². The molecule has 132 valence electrons. The third-order valence-electron chi connectivity index (χ3n) is 3.43. The molecule has 0 bridgehead atoms. The molecule has 2 N–H and O–H groups in total. The number of hydrogen-bond donors (Lipinski definition) is 2. The minimum atomic E-state index is -0.393. The van der Waals surface area contributed by atoms with E-state index in [1.165, 1.54) is 6.92 Å². The summed E-state index contributed by atoms with van der Waals surface area (Å²) in [5.74, 6) is -0.622. The number of nitrogens with zero attached hydrogens (tertiary/aromatic N) is 2. The normalized spacial score (nSPS) is 10.4. The van der Waals surface area contributed by atoms with Gasteiger partial charge in [-0.15, -0.1) is 0 Å². The first-order chi connectivity index (χ1) is 12.4. The fourth-order valence-electron chi connectivity index (χ4n) is 2.31. The third-order valence-corrected chi connectivity index (χ3v) is 4.16. The van der Waals surface area contributed by atoms with E-state index in [4.69, 9.17) is 11.6 Å². The number of aromatic nitrogens is 2. The van der Waals surface area contributed by atoms with Gasteiger partial charge in [-0.25, -0.2) is 4.68 Å². The predicted octanol–water partition coefficient (Wildman–Crippen LogP) is 4.50. The van der Waals surface area contributed by atoms with Crippen LogP contribution in [0.5, 0.6) is 0 Å². The molecule has 2 aromatic carbocycles. The van der Waals surface area contributed by atoms with E-state index < -0.39 is 5.91 Å². The van der Waals surface area contributed by atoms with Gasteiger partial charge >= 0.3 is 0 Å². The van der Waals surface area contributed by atoms with Crippen molar-refractivity contribution in [3.05, 3.63) is 69.9 Å². The molecule has 6 nitrogen and oxygen atoms in total. The van der Waals surface area contributed by atoms with Crippen molar-refractivity contribution < 1.29 is 9.59 Å². The Bertz CT molecular complexity index is 987. The highest BCUT2D eigenvalue weighted by atomic mass is 79.9. The van der Waals surface area contributed by atoms with Crippen molar-refractivity contribution in [1.29, 1.82) is 0 Å². The Morgan fingerprint density at radius 2 is 1.88 bits per heavy atom. The molecule has 1 heterocycles. The summed E-state index contributed by atoms with van der Waals surface area (Å²) in [5, 5.41) is 10.3. The van der Waals surface area contributed by atoms with Crippen LogP contribution in [0.1, 0.15) is 17.4 Å². The van der Waals surface area contributed by atoms with Crippen molar-refractivity contribution in [2.45, 2.75) is 6.92 Å². The highest BCUT2D eigenvalue weighted by Crippen LogP contribution is 2.26. The quantitative estimate of drug-likeness (QED) is 0.636. The van der Waals surface area contributed by atoms with Crippen molar-refractivity contribution in [2.75, 3.05) is 10.6 Å². The van der Waals surface area contributed by atoms with Gasteiger partial charge in [-0.1, -0.05) is 33.6 Å². The van der Waals surface area contributed by atoms with E-state index in [-0.39, 0.29) is 11.6 Å². The molecule has 0 radical (unpaired) electrons. The number of nitrogens with one attached hydrogen (secondary N) is 2. The summed E-state index contributed by atoms with van der Waals surface area (Å²) in [7, 11) is 0. The van der Waals surface area contributed by atoms with Crippen LogP contribution >= 0.6 is 27.5 Å². The second-order valence-corrected chi connectivity index (χ2v) is 6.80. The van der Waals surface area contributed by atoms with Crippen molar-refractivity contribution >= 4 is 50.7 Å². The number of amides is 2. The zero-order valence-corrected chi connectivity index (χ0v) is 16.0. The van der Waals surface area contributed by atoms with Gasteiger partial charge < -0.3 is 10.6 Å². The van der Waals surface area contributed by atoms with Crippen molar-refractivity contribution in [3.63, 3.8) is 0 Å². The number of halogens is 2. The lowest BCUT2D eigenvalue weighted by atomic mass is 10.2. The first-order valence-electron chi connectivity index (χ1n) is 7.62. The maximum atomic E-state index is 12.5. The van der Waals surface area contributed by atoms with Gasteiger partial charge in [0.05, 0.1) is 17.1 Å². The number of benzene rings is 2. The van der Waals surface area contributed by atoms with E-state index in [9.17, 15) is 9.59 Å². The fraction of sp³-hybridized carbons (Fsp3) is 0.0556. The Hall–Kier alpha value is -2.64. The van der Waals surface area contributed by atoms with Crippen LogP contribution in [0.3, 0.4) is 0 Å². The molecule has 0 aliphatic heterocycles. The van der Waals surface area contributed by atoms with E-state index in [0.29, 0.717) is 16.4 Å². The molecule has 0 saturated carbocycles. The molecule has 26 heavy (non-hydrogen) atoms. The molecule has 3 rings (SSSR count). The first-order valence-corrected chi connectivity index (χ1v) is 8.79.